The maximum atomic E-state index is 5.44. The smallest absolute Gasteiger partial charge is 0.231 e. The molecule has 8 heteroatoms. The molecule has 0 unspecified atom stereocenters. The summed E-state index contributed by atoms with van der Waals surface area (Å²) >= 11 is 0. The third-order valence-corrected chi connectivity index (χ3v) is 4.65. The Labute approximate surface area is 152 Å². The molecular weight excluding hydrogens is 334 g/mol. The first-order chi connectivity index (χ1) is 12.8. The number of rotatable bonds is 4. The Bertz CT molecular complexity index is 754. The number of piperazine rings is 1. The van der Waals surface area contributed by atoms with Gasteiger partial charge in [-0.05, 0) is 17.7 Å². The second kappa shape index (κ2) is 7.65. The van der Waals surface area contributed by atoms with Crippen LogP contribution in [0.4, 0.5) is 0 Å². The van der Waals surface area contributed by atoms with E-state index in [-0.39, 0.29) is 0 Å². The summed E-state index contributed by atoms with van der Waals surface area (Å²) in [5, 5.41) is 7.42. The fourth-order valence-electron chi connectivity index (χ4n) is 3.23. The van der Waals surface area contributed by atoms with Gasteiger partial charge in [-0.25, -0.2) is 0 Å². The topological polar surface area (TPSA) is 75.4 Å². The third-order valence-electron chi connectivity index (χ3n) is 4.65. The Balaban J connectivity index is 1.28. The molecule has 1 aromatic heterocycles. The number of fused-ring (bicyclic) bond motifs is 1. The zero-order valence-corrected chi connectivity index (χ0v) is 14.9. The molecule has 0 bridgehead atoms. The highest BCUT2D eigenvalue weighted by molar-refractivity contribution is 5.80. The molecule has 0 spiro atoms. The van der Waals surface area contributed by atoms with Crippen molar-refractivity contribution in [2.45, 2.75) is 13.1 Å². The van der Waals surface area contributed by atoms with Crippen LogP contribution in [0.1, 0.15) is 11.3 Å². The highest BCUT2D eigenvalue weighted by Gasteiger charge is 2.20. The largest absolute Gasteiger partial charge is 0.454 e. The Morgan fingerprint density at radius 1 is 1.15 bits per heavy atom. The van der Waals surface area contributed by atoms with Crippen molar-refractivity contribution in [3.63, 3.8) is 0 Å². The lowest BCUT2D eigenvalue weighted by Gasteiger charge is -2.36. The van der Waals surface area contributed by atoms with Crippen molar-refractivity contribution >= 4 is 5.96 Å². The van der Waals surface area contributed by atoms with E-state index in [0.717, 1.165) is 61.4 Å². The maximum absolute atomic E-state index is 5.44. The molecule has 1 fully saturated rings. The molecule has 1 aromatic carbocycles. The molecule has 0 saturated carbocycles. The predicted octanol–water partition coefficient (Wildman–Crippen LogP) is 1.30. The number of nitrogens with zero attached hydrogens (tertiary/aromatic N) is 4. The predicted molar refractivity (Wildman–Crippen MR) is 96.1 cm³/mol. The minimum absolute atomic E-state index is 0.298. The number of guanidine groups is 1. The molecule has 3 heterocycles. The van der Waals surface area contributed by atoms with Crippen molar-refractivity contribution in [3.05, 3.63) is 41.8 Å². The van der Waals surface area contributed by atoms with Gasteiger partial charge in [0, 0.05) is 52.4 Å². The van der Waals surface area contributed by atoms with E-state index < -0.39 is 0 Å². The number of nitrogens with one attached hydrogen (secondary N) is 1. The molecule has 2 aromatic rings. The standard InChI is InChI=1S/C18H23N5O3/c1-19-18(20-11-14-2-3-16-17(10-14)25-13-24-16)23-7-5-22(6-8-23)12-15-4-9-26-21-15/h2-4,9-10H,5-8,11-13H2,1H3,(H,19,20). The first-order valence-corrected chi connectivity index (χ1v) is 8.77. The Hall–Kier alpha value is -2.74. The van der Waals surface area contributed by atoms with Gasteiger partial charge in [0.05, 0.1) is 5.69 Å². The Morgan fingerprint density at radius 2 is 2.00 bits per heavy atom. The average Bonchev–Trinajstić information content (AvgIpc) is 3.34. The first-order valence-electron chi connectivity index (χ1n) is 8.77. The van der Waals surface area contributed by atoms with E-state index in [1.807, 2.05) is 31.3 Å². The molecule has 0 aliphatic carbocycles. The van der Waals surface area contributed by atoms with E-state index in [1.165, 1.54) is 0 Å². The molecule has 1 N–H and O–H groups in total. The van der Waals surface area contributed by atoms with Gasteiger partial charge in [-0.3, -0.25) is 9.89 Å². The summed E-state index contributed by atoms with van der Waals surface area (Å²) < 4.78 is 15.7. The first kappa shape index (κ1) is 16.7. The summed E-state index contributed by atoms with van der Waals surface area (Å²) in [4.78, 5) is 9.09. The Kier molecular flexibility index (Phi) is 4.92. The quantitative estimate of drug-likeness (QED) is 0.653. The van der Waals surface area contributed by atoms with Crippen molar-refractivity contribution in [1.29, 1.82) is 0 Å². The van der Waals surface area contributed by atoms with Crippen LogP contribution in [0.5, 0.6) is 11.5 Å². The van der Waals surface area contributed by atoms with Gasteiger partial charge in [-0.1, -0.05) is 11.2 Å². The minimum Gasteiger partial charge on any atom is -0.454 e. The molecule has 8 nitrogen and oxygen atoms in total. The molecule has 0 atom stereocenters. The third kappa shape index (κ3) is 3.75. The Morgan fingerprint density at radius 3 is 2.77 bits per heavy atom. The molecule has 26 heavy (non-hydrogen) atoms. The summed E-state index contributed by atoms with van der Waals surface area (Å²) in [6, 6.07) is 7.92. The SMILES string of the molecule is CN=C(NCc1ccc2c(c1)OCO2)N1CCN(Cc2ccon2)CC1. The summed E-state index contributed by atoms with van der Waals surface area (Å²) in [6.45, 7) is 5.62. The van der Waals surface area contributed by atoms with E-state index in [4.69, 9.17) is 14.0 Å². The molecule has 0 amide bonds. The van der Waals surface area contributed by atoms with Crippen LogP contribution in [0.15, 0.2) is 40.0 Å². The maximum Gasteiger partial charge on any atom is 0.231 e. The molecule has 2 aliphatic heterocycles. The van der Waals surface area contributed by atoms with E-state index >= 15 is 0 Å². The number of hydrogen-bond donors (Lipinski definition) is 1. The van der Waals surface area contributed by atoms with Crippen LogP contribution in [0.2, 0.25) is 0 Å². The summed E-state index contributed by atoms with van der Waals surface area (Å²) in [6.07, 6.45) is 1.62. The van der Waals surface area contributed by atoms with Crippen molar-refractivity contribution in [2.24, 2.45) is 4.99 Å². The summed E-state index contributed by atoms with van der Waals surface area (Å²) in [7, 11) is 1.82. The van der Waals surface area contributed by atoms with E-state index in [1.54, 1.807) is 6.26 Å². The van der Waals surface area contributed by atoms with Crippen LogP contribution >= 0.6 is 0 Å². The van der Waals surface area contributed by atoms with Crippen LogP contribution in [0, 0.1) is 0 Å². The lowest BCUT2D eigenvalue weighted by atomic mass is 10.2. The summed E-state index contributed by atoms with van der Waals surface area (Å²) in [5.74, 6) is 2.53. The lowest BCUT2D eigenvalue weighted by molar-refractivity contribution is 0.169. The number of aliphatic imine (C=N–C) groups is 1. The van der Waals surface area contributed by atoms with E-state index in [0.29, 0.717) is 13.3 Å². The van der Waals surface area contributed by atoms with Crippen molar-refractivity contribution in [2.75, 3.05) is 40.0 Å². The number of ether oxygens (including phenoxy) is 2. The van der Waals surface area contributed by atoms with Gasteiger partial charge in [0.1, 0.15) is 6.26 Å². The minimum atomic E-state index is 0.298. The highest BCUT2D eigenvalue weighted by atomic mass is 16.7. The normalized spacial score (nSPS) is 17.6. The van der Waals surface area contributed by atoms with Gasteiger partial charge < -0.3 is 24.2 Å². The second-order valence-corrected chi connectivity index (χ2v) is 6.34. The van der Waals surface area contributed by atoms with E-state index in [2.05, 4.69) is 25.3 Å². The van der Waals surface area contributed by atoms with Crippen LogP contribution in [-0.2, 0) is 13.1 Å². The molecular formula is C18H23N5O3. The molecule has 1 saturated heterocycles. The van der Waals surface area contributed by atoms with Gasteiger partial charge >= 0.3 is 0 Å². The monoisotopic (exact) mass is 357 g/mol. The zero-order chi connectivity index (χ0) is 17.8. The van der Waals surface area contributed by atoms with Crippen LogP contribution in [-0.4, -0.2) is 60.9 Å². The van der Waals surface area contributed by atoms with Crippen molar-refractivity contribution in [1.82, 2.24) is 20.3 Å². The van der Waals surface area contributed by atoms with Gasteiger partial charge in [-0.2, -0.15) is 0 Å². The highest BCUT2D eigenvalue weighted by Crippen LogP contribution is 2.32. The fraction of sp³-hybridized carbons (Fsp3) is 0.444. The van der Waals surface area contributed by atoms with Gasteiger partial charge in [0.2, 0.25) is 6.79 Å². The fourth-order valence-corrected chi connectivity index (χ4v) is 3.23. The van der Waals surface area contributed by atoms with Crippen molar-refractivity contribution in [3.8, 4) is 11.5 Å². The molecule has 2 aliphatic rings. The number of aromatic nitrogens is 1. The summed E-state index contributed by atoms with van der Waals surface area (Å²) in [5.41, 5.74) is 2.11. The van der Waals surface area contributed by atoms with Crippen molar-refractivity contribution < 1.29 is 14.0 Å². The average molecular weight is 357 g/mol. The van der Waals surface area contributed by atoms with Gasteiger partial charge in [-0.15, -0.1) is 0 Å². The van der Waals surface area contributed by atoms with Gasteiger partial charge in [0.15, 0.2) is 17.5 Å². The van der Waals surface area contributed by atoms with Crippen LogP contribution in [0.25, 0.3) is 0 Å². The molecule has 0 radical (unpaired) electrons. The van der Waals surface area contributed by atoms with Crippen LogP contribution < -0.4 is 14.8 Å². The molecule has 4 rings (SSSR count). The second-order valence-electron chi connectivity index (χ2n) is 6.34. The zero-order valence-electron chi connectivity index (χ0n) is 14.9. The molecule has 138 valence electrons. The lowest BCUT2D eigenvalue weighted by Crippen LogP contribution is -2.52. The van der Waals surface area contributed by atoms with Gasteiger partial charge in [0.25, 0.3) is 0 Å². The number of hydrogen-bond acceptors (Lipinski definition) is 6. The number of benzene rings is 1. The van der Waals surface area contributed by atoms with Crippen LogP contribution in [0.3, 0.4) is 0 Å². The van der Waals surface area contributed by atoms with E-state index in [9.17, 15) is 0 Å².